The van der Waals surface area contributed by atoms with Crippen LogP contribution in [0, 0.1) is 23.7 Å². The van der Waals surface area contributed by atoms with Crippen LogP contribution in [-0.4, -0.2) is 71.2 Å². The number of H-pyrrole nitrogens is 1. The zero-order valence-electron chi connectivity index (χ0n) is 23.3. The molecular formula is C31H42FN3O5. The summed E-state index contributed by atoms with van der Waals surface area (Å²) in [6, 6.07) is 6.20. The summed E-state index contributed by atoms with van der Waals surface area (Å²) in [5.41, 5.74) is 7.58. The van der Waals surface area contributed by atoms with Crippen LogP contribution in [0.2, 0.25) is 0 Å². The van der Waals surface area contributed by atoms with Crippen LogP contribution in [-0.2, 0) is 20.7 Å². The Morgan fingerprint density at radius 3 is 2.45 bits per heavy atom. The molecular weight excluding hydrogens is 513 g/mol. The van der Waals surface area contributed by atoms with Gasteiger partial charge in [-0.05, 0) is 99.3 Å². The number of methoxy groups -OCH3 is 1. The number of aromatic carboxylic acids is 1. The monoisotopic (exact) mass is 555 g/mol. The molecule has 1 aromatic carbocycles. The summed E-state index contributed by atoms with van der Waals surface area (Å²) in [7, 11) is 1.75. The normalized spacial score (nSPS) is 29.9. The fourth-order valence-corrected chi connectivity index (χ4v) is 7.59. The molecule has 3 aliphatic rings. The van der Waals surface area contributed by atoms with E-state index < -0.39 is 24.7 Å². The van der Waals surface area contributed by atoms with Crippen molar-refractivity contribution >= 4 is 28.6 Å². The maximum absolute atomic E-state index is 14.0. The summed E-state index contributed by atoms with van der Waals surface area (Å²) >= 11 is 0. The number of carbonyl (C=O) groups excluding carboxylic acids is 2. The Labute approximate surface area is 234 Å². The van der Waals surface area contributed by atoms with Gasteiger partial charge in [0.2, 0.25) is 5.91 Å². The minimum absolute atomic E-state index is 0.0474. The second-order valence-corrected chi connectivity index (χ2v) is 12.2. The molecule has 0 unspecified atom stereocenters. The number of amides is 1. The van der Waals surface area contributed by atoms with Gasteiger partial charge < -0.3 is 25.5 Å². The topological polar surface area (TPSA) is 126 Å². The maximum Gasteiger partial charge on any atom is 0.352 e. The first-order chi connectivity index (χ1) is 19.3. The number of Topliss-reactive ketones (excluding diaryl/α,β-unsaturated/α-hetero) is 1. The highest BCUT2D eigenvalue weighted by molar-refractivity contribution is 5.95. The van der Waals surface area contributed by atoms with E-state index in [2.05, 4.69) is 4.98 Å². The van der Waals surface area contributed by atoms with Crippen molar-refractivity contribution in [3.63, 3.8) is 0 Å². The second kappa shape index (κ2) is 12.4. The fraction of sp³-hybridized carbons (Fsp3) is 0.645. The van der Waals surface area contributed by atoms with E-state index >= 15 is 0 Å². The minimum atomic E-state index is -1.03. The SMILES string of the molecule is COC1CCC([C@@H]2CCN(C(=O)C3CCC([C@H](N)CF)CC3)[C@@H]2C(=O)Cc2ccc3[nH]c(C(=O)O)cc3c2)CC1. The van der Waals surface area contributed by atoms with E-state index in [1.54, 1.807) is 13.2 Å². The van der Waals surface area contributed by atoms with Crippen LogP contribution in [0.5, 0.6) is 0 Å². The van der Waals surface area contributed by atoms with Gasteiger partial charge in [-0.2, -0.15) is 0 Å². The molecule has 3 atom stereocenters. The fourth-order valence-electron chi connectivity index (χ4n) is 7.59. The van der Waals surface area contributed by atoms with Gasteiger partial charge in [-0.3, -0.25) is 9.59 Å². The molecule has 1 amide bonds. The van der Waals surface area contributed by atoms with Crippen molar-refractivity contribution < 1.29 is 28.6 Å². The van der Waals surface area contributed by atoms with E-state index in [1.807, 2.05) is 23.1 Å². The van der Waals surface area contributed by atoms with E-state index in [9.17, 15) is 23.9 Å². The lowest BCUT2D eigenvalue weighted by Crippen LogP contribution is -2.48. The first-order valence-corrected chi connectivity index (χ1v) is 14.8. The third-order valence-corrected chi connectivity index (χ3v) is 9.91. The summed E-state index contributed by atoms with van der Waals surface area (Å²) in [6.45, 7) is 0.0536. The van der Waals surface area contributed by atoms with Crippen molar-refractivity contribution in [2.75, 3.05) is 20.3 Å². The molecule has 2 heterocycles. The van der Waals surface area contributed by atoms with Crippen molar-refractivity contribution in [2.45, 2.75) is 82.4 Å². The van der Waals surface area contributed by atoms with Crippen LogP contribution >= 0.6 is 0 Å². The molecule has 9 heteroatoms. The number of ether oxygens (including phenoxy) is 1. The Bertz CT molecular complexity index is 1210. The molecule has 3 fully saturated rings. The zero-order chi connectivity index (χ0) is 28.4. The number of alkyl halides is 1. The molecule has 8 nitrogen and oxygen atoms in total. The van der Waals surface area contributed by atoms with Gasteiger partial charge in [0.15, 0.2) is 5.78 Å². The van der Waals surface area contributed by atoms with Crippen molar-refractivity contribution in [1.82, 2.24) is 9.88 Å². The number of aromatic nitrogens is 1. The molecule has 2 aliphatic carbocycles. The smallest absolute Gasteiger partial charge is 0.352 e. The molecule has 2 saturated carbocycles. The highest BCUT2D eigenvalue weighted by Crippen LogP contribution is 2.42. The Hall–Kier alpha value is -2.78. The first kappa shape index (κ1) is 28.7. The molecule has 1 aromatic heterocycles. The van der Waals surface area contributed by atoms with Gasteiger partial charge >= 0.3 is 5.97 Å². The number of benzene rings is 1. The van der Waals surface area contributed by atoms with Gasteiger partial charge in [0.05, 0.1) is 12.1 Å². The average molecular weight is 556 g/mol. The average Bonchev–Trinajstić information content (AvgIpc) is 3.61. The number of carboxylic acid groups (broad SMARTS) is 1. The lowest BCUT2D eigenvalue weighted by molar-refractivity contribution is -0.143. The summed E-state index contributed by atoms with van der Waals surface area (Å²) < 4.78 is 18.7. The Morgan fingerprint density at radius 2 is 1.80 bits per heavy atom. The number of aromatic amines is 1. The second-order valence-electron chi connectivity index (χ2n) is 12.2. The molecule has 4 N–H and O–H groups in total. The number of carboxylic acids is 1. The van der Waals surface area contributed by atoms with Crippen molar-refractivity contribution in [3.05, 3.63) is 35.5 Å². The first-order valence-electron chi connectivity index (χ1n) is 14.8. The van der Waals surface area contributed by atoms with Gasteiger partial charge in [-0.15, -0.1) is 0 Å². The molecule has 0 bridgehead atoms. The zero-order valence-corrected chi connectivity index (χ0v) is 23.3. The number of nitrogens with zero attached hydrogens (tertiary/aromatic N) is 1. The van der Waals surface area contributed by atoms with E-state index in [0.29, 0.717) is 30.8 Å². The molecule has 0 radical (unpaired) electrons. The molecule has 218 valence electrons. The van der Waals surface area contributed by atoms with Crippen LogP contribution in [0.15, 0.2) is 24.3 Å². The third kappa shape index (κ3) is 5.96. The standard InChI is InChI=1S/C31H42FN3O5/c1-40-23-9-7-19(8-10-23)24-12-13-35(30(37)21-5-3-20(4-6-21)25(33)17-32)29(24)28(36)15-18-2-11-26-22(14-18)16-27(34-26)31(38)39/h2,11,14,16,19-21,23-25,29,34H,3-10,12-13,15,17,33H2,1H3,(H,38,39)/t19?,20?,21?,23?,24-,25+,29-/m0/s1. The third-order valence-electron chi connectivity index (χ3n) is 9.91. The van der Waals surface area contributed by atoms with E-state index in [1.165, 1.54) is 0 Å². The molecule has 40 heavy (non-hydrogen) atoms. The van der Waals surface area contributed by atoms with Gasteiger partial charge in [0, 0.05) is 42.9 Å². The van der Waals surface area contributed by atoms with Crippen LogP contribution in [0.25, 0.3) is 10.9 Å². The maximum atomic E-state index is 14.0. The molecule has 1 aliphatic heterocycles. The Kier molecular flexibility index (Phi) is 8.90. The number of fused-ring (bicyclic) bond motifs is 1. The summed E-state index contributed by atoms with van der Waals surface area (Å²) in [4.78, 5) is 44.0. The van der Waals surface area contributed by atoms with Crippen LogP contribution in [0.4, 0.5) is 4.39 Å². The molecule has 1 saturated heterocycles. The van der Waals surface area contributed by atoms with Crippen LogP contribution in [0.1, 0.15) is 73.8 Å². The number of hydrogen-bond acceptors (Lipinski definition) is 5. The number of nitrogens with one attached hydrogen (secondary N) is 1. The number of carbonyl (C=O) groups is 3. The number of halogens is 1. The minimum Gasteiger partial charge on any atom is -0.477 e. The van der Waals surface area contributed by atoms with Gasteiger partial charge in [0.25, 0.3) is 0 Å². The van der Waals surface area contributed by atoms with Gasteiger partial charge in [0.1, 0.15) is 12.4 Å². The Morgan fingerprint density at radius 1 is 1.07 bits per heavy atom. The lowest BCUT2D eigenvalue weighted by atomic mass is 9.74. The Balaban J connectivity index is 1.34. The molecule has 2 aromatic rings. The summed E-state index contributed by atoms with van der Waals surface area (Å²) in [5, 5.41) is 10.1. The predicted octanol–water partition coefficient (Wildman–Crippen LogP) is 4.50. The summed E-state index contributed by atoms with van der Waals surface area (Å²) in [6.07, 6.45) is 8.08. The number of ketones is 1. The highest BCUT2D eigenvalue weighted by atomic mass is 19.1. The van der Waals surface area contributed by atoms with Crippen molar-refractivity contribution in [3.8, 4) is 0 Å². The van der Waals surface area contributed by atoms with E-state index in [0.717, 1.165) is 55.9 Å². The van der Waals surface area contributed by atoms with E-state index in [-0.39, 0.29) is 47.7 Å². The van der Waals surface area contributed by atoms with Crippen molar-refractivity contribution in [1.29, 1.82) is 0 Å². The van der Waals surface area contributed by atoms with Gasteiger partial charge in [-0.25, -0.2) is 9.18 Å². The summed E-state index contributed by atoms with van der Waals surface area (Å²) in [5.74, 6) is -0.453. The predicted molar refractivity (Wildman–Crippen MR) is 150 cm³/mol. The largest absolute Gasteiger partial charge is 0.477 e. The van der Waals surface area contributed by atoms with Gasteiger partial charge in [-0.1, -0.05) is 6.07 Å². The quantitative estimate of drug-likeness (QED) is 0.418. The van der Waals surface area contributed by atoms with Crippen LogP contribution < -0.4 is 5.73 Å². The lowest BCUT2D eigenvalue weighted by Gasteiger charge is -2.37. The number of nitrogens with two attached hydrogens (primary N) is 1. The molecule has 5 rings (SSSR count). The number of hydrogen-bond donors (Lipinski definition) is 3. The highest BCUT2D eigenvalue weighted by Gasteiger charge is 2.47. The van der Waals surface area contributed by atoms with E-state index in [4.69, 9.17) is 10.5 Å². The number of likely N-dealkylation sites (tertiary alicyclic amines) is 1. The van der Waals surface area contributed by atoms with Crippen molar-refractivity contribution in [2.24, 2.45) is 29.4 Å². The number of rotatable bonds is 9. The van der Waals surface area contributed by atoms with Crippen LogP contribution in [0.3, 0.4) is 0 Å². The molecule has 0 spiro atoms.